The number of carbonyl (C=O) groups excluding carboxylic acids is 2. The zero-order valence-electron chi connectivity index (χ0n) is 18.0. The standard InChI is InChI=1S/C24H30N2O4/c1-17-14-21(18(2)26(17)12-7-13-29-3)23(27)16-30-24(28)11-6-8-19-15-25-22-10-5-4-9-20(19)22/h4-5,9-10,14-15,25H,6-8,11-13,16H2,1-3H3. The summed E-state index contributed by atoms with van der Waals surface area (Å²) in [6.45, 7) is 5.17. The molecule has 0 radical (unpaired) electrons. The Morgan fingerprint density at radius 3 is 2.73 bits per heavy atom. The molecule has 0 atom stereocenters. The highest BCUT2D eigenvalue weighted by Crippen LogP contribution is 2.20. The Kier molecular flexibility index (Phi) is 7.46. The first-order valence-corrected chi connectivity index (χ1v) is 10.4. The number of nitrogens with one attached hydrogen (secondary N) is 1. The highest BCUT2D eigenvalue weighted by molar-refractivity contribution is 5.99. The maximum Gasteiger partial charge on any atom is 0.306 e. The van der Waals surface area contributed by atoms with Gasteiger partial charge in [-0.3, -0.25) is 9.59 Å². The number of esters is 1. The van der Waals surface area contributed by atoms with Gasteiger partial charge in [-0.25, -0.2) is 0 Å². The summed E-state index contributed by atoms with van der Waals surface area (Å²) in [5.41, 5.74) is 4.84. The number of ketones is 1. The molecule has 0 aliphatic rings. The van der Waals surface area contributed by atoms with Gasteiger partial charge in [0.1, 0.15) is 0 Å². The predicted octanol–water partition coefficient (Wildman–Crippen LogP) is 4.37. The topological polar surface area (TPSA) is 73.3 Å². The van der Waals surface area contributed by atoms with Crippen LogP contribution in [0.1, 0.15) is 46.6 Å². The second kappa shape index (κ2) is 10.3. The Bertz CT molecular complexity index is 1020. The van der Waals surface area contributed by atoms with Crippen LogP contribution in [-0.4, -0.2) is 41.6 Å². The average Bonchev–Trinajstić information content (AvgIpc) is 3.28. The molecule has 0 aliphatic carbocycles. The number of ether oxygens (including phenoxy) is 2. The highest BCUT2D eigenvalue weighted by Gasteiger charge is 2.17. The van der Waals surface area contributed by atoms with E-state index < -0.39 is 0 Å². The Morgan fingerprint density at radius 2 is 1.93 bits per heavy atom. The number of hydrogen-bond acceptors (Lipinski definition) is 4. The first kappa shape index (κ1) is 21.8. The van der Waals surface area contributed by atoms with E-state index >= 15 is 0 Å². The molecule has 160 valence electrons. The third kappa shape index (κ3) is 5.19. The molecule has 0 saturated carbocycles. The number of hydrogen-bond donors (Lipinski definition) is 1. The summed E-state index contributed by atoms with van der Waals surface area (Å²) in [6.07, 6.45) is 4.63. The van der Waals surface area contributed by atoms with Crippen molar-refractivity contribution in [1.82, 2.24) is 9.55 Å². The minimum absolute atomic E-state index is 0.161. The van der Waals surface area contributed by atoms with Crippen LogP contribution in [0.5, 0.6) is 0 Å². The fraction of sp³-hybridized carbons (Fsp3) is 0.417. The molecular weight excluding hydrogens is 380 g/mol. The molecular formula is C24H30N2O4. The molecule has 6 nitrogen and oxygen atoms in total. The zero-order chi connectivity index (χ0) is 21.5. The SMILES string of the molecule is COCCCn1c(C)cc(C(=O)COC(=O)CCCc2c[nH]c3ccccc23)c1C. The molecule has 0 spiro atoms. The van der Waals surface area contributed by atoms with E-state index in [4.69, 9.17) is 9.47 Å². The lowest BCUT2D eigenvalue weighted by Gasteiger charge is -2.09. The van der Waals surface area contributed by atoms with Gasteiger partial charge in [0.25, 0.3) is 0 Å². The van der Waals surface area contributed by atoms with Gasteiger partial charge >= 0.3 is 5.97 Å². The zero-order valence-corrected chi connectivity index (χ0v) is 18.0. The summed E-state index contributed by atoms with van der Waals surface area (Å²) < 4.78 is 12.4. The van der Waals surface area contributed by atoms with Crippen molar-refractivity contribution in [2.24, 2.45) is 0 Å². The predicted molar refractivity (Wildman–Crippen MR) is 117 cm³/mol. The van der Waals surface area contributed by atoms with Crippen molar-refractivity contribution in [3.05, 3.63) is 59.0 Å². The van der Waals surface area contributed by atoms with Gasteiger partial charge in [0.2, 0.25) is 5.78 Å². The van der Waals surface area contributed by atoms with Gasteiger partial charge in [-0.05, 0) is 50.8 Å². The number of aromatic nitrogens is 2. The number of carbonyl (C=O) groups is 2. The summed E-state index contributed by atoms with van der Waals surface area (Å²) in [5.74, 6) is -0.497. The maximum absolute atomic E-state index is 12.6. The van der Waals surface area contributed by atoms with Crippen LogP contribution in [0.2, 0.25) is 0 Å². The van der Waals surface area contributed by atoms with Gasteiger partial charge in [0.05, 0.1) is 0 Å². The Hall–Kier alpha value is -2.86. The number of H-pyrrole nitrogens is 1. The molecule has 30 heavy (non-hydrogen) atoms. The summed E-state index contributed by atoms with van der Waals surface area (Å²) in [7, 11) is 1.68. The number of benzene rings is 1. The Balaban J connectivity index is 1.46. The normalized spacial score (nSPS) is 11.2. The van der Waals surface area contributed by atoms with Crippen molar-refractivity contribution in [2.45, 2.75) is 46.1 Å². The van der Waals surface area contributed by atoms with Crippen LogP contribution in [-0.2, 0) is 27.2 Å². The van der Waals surface area contributed by atoms with Gasteiger partial charge in [0.15, 0.2) is 6.61 Å². The molecule has 1 aromatic carbocycles. The minimum Gasteiger partial charge on any atom is -0.457 e. The lowest BCUT2D eigenvalue weighted by atomic mass is 10.1. The quantitative estimate of drug-likeness (QED) is 0.289. The van der Waals surface area contributed by atoms with Crippen LogP contribution in [0.25, 0.3) is 10.9 Å². The minimum atomic E-state index is -0.336. The summed E-state index contributed by atoms with van der Waals surface area (Å²) in [4.78, 5) is 27.9. The third-order valence-electron chi connectivity index (χ3n) is 5.47. The number of nitrogens with zero attached hydrogens (tertiary/aromatic N) is 1. The molecule has 0 fully saturated rings. The Morgan fingerprint density at radius 1 is 1.13 bits per heavy atom. The number of para-hydroxylation sites is 1. The lowest BCUT2D eigenvalue weighted by molar-refractivity contribution is -0.142. The molecule has 0 saturated heterocycles. The maximum atomic E-state index is 12.6. The molecule has 0 bridgehead atoms. The van der Waals surface area contributed by atoms with E-state index in [0.29, 0.717) is 25.0 Å². The molecule has 3 rings (SSSR count). The molecule has 2 aromatic heterocycles. The van der Waals surface area contributed by atoms with E-state index in [9.17, 15) is 9.59 Å². The van der Waals surface area contributed by atoms with Gasteiger partial charge in [-0.2, -0.15) is 0 Å². The second-order valence-corrected chi connectivity index (χ2v) is 7.58. The van der Waals surface area contributed by atoms with E-state index in [-0.39, 0.29) is 18.4 Å². The van der Waals surface area contributed by atoms with Crippen LogP contribution < -0.4 is 0 Å². The van der Waals surface area contributed by atoms with Gasteiger partial charge in [-0.15, -0.1) is 0 Å². The van der Waals surface area contributed by atoms with Crippen LogP contribution in [0, 0.1) is 13.8 Å². The molecule has 6 heteroatoms. The summed E-state index contributed by atoms with van der Waals surface area (Å²) in [6, 6.07) is 9.98. The molecule has 3 aromatic rings. The monoisotopic (exact) mass is 410 g/mol. The van der Waals surface area contributed by atoms with E-state index in [1.165, 1.54) is 10.9 Å². The smallest absolute Gasteiger partial charge is 0.306 e. The first-order chi connectivity index (χ1) is 14.5. The number of aryl methyl sites for hydroxylation is 2. The van der Waals surface area contributed by atoms with Gasteiger partial charge in [0, 0.05) is 60.7 Å². The summed E-state index contributed by atoms with van der Waals surface area (Å²) >= 11 is 0. The third-order valence-corrected chi connectivity index (χ3v) is 5.47. The fourth-order valence-corrected chi connectivity index (χ4v) is 3.85. The van der Waals surface area contributed by atoms with Gasteiger partial charge in [-0.1, -0.05) is 18.2 Å². The molecule has 0 unspecified atom stereocenters. The van der Waals surface area contributed by atoms with Crippen LogP contribution in [0.4, 0.5) is 0 Å². The van der Waals surface area contributed by atoms with Crippen molar-refractivity contribution in [3.63, 3.8) is 0 Å². The number of methoxy groups -OCH3 is 1. The number of Topliss-reactive ketones (excluding diaryl/α,β-unsaturated/α-hetero) is 1. The average molecular weight is 411 g/mol. The lowest BCUT2D eigenvalue weighted by Crippen LogP contribution is -2.15. The van der Waals surface area contributed by atoms with Crippen molar-refractivity contribution in [3.8, 4) is 0 Å². The van der Waals surface area contributed by atoms with E-state index in [1.807, 2.05) is 44.3 Å². The Labute approximate surface area is 177 Å². The number of rotatable bonds is 11. The number of fused-ring (bicyclic) bond motifs is 1. The van der Waals surface area contributed by atoms with Crippen molar-refractivity contribution in [1.29, 1.82) is 0 Å². The largest absolute Gasteiger partial charge is 0.457 e. The molecule has 0 aliphatic heterocycles. The number of aromatic amines is 1. The van der Waals surface area contributed by atoms with Gasteiger partial charge < -0.3 is 19.0 Å². The van der Waals surface area contributed by atoms with Crippen molar-refractivity contribution < 1.29 is 19.1 Å². The molecule has 2 heterocycles. The highest BCUT2D eigenvalue weighted by atomic mass is 16.5. The van der Waals surface area contributed by atoms with Crippen LogP contribution in [0.3, 0.4) is 0 Å². The molecule has 1 N–H and O–H groups in total. The first-order valence-electron chi connectivity index (χ1n) is 10.4. The second-order valence-electron chi connectivity index (χ2n) is 7.58. The van der Waals surface area contributed by atoms with Crippen molar-refractivity contribution in [2.75, 3.05) is 20.3 Å². The summed E-state index contributed by atoms with van der Waals surface area (Å²) in [5, 5.41) is 1.18. The van der Waals surface area contributed by atoms with Crippen molar-refractivity contribution >= 4 is 22.7 Å². The fourth-order valence-electron chi connectivity index (χ4n) is 3.85. The van der Waals surface area contributed by atoms with Crippen LogP contribution in [0.15, 0.2) is 36.5 Å². The van der Waals surface area contributed by atoms with E-state index in [0.717, 1.165) is 36.3 Å². The molecule has 0 amide bonds. The van der Waals surface area contributed by atoms with Crippen LogP contribution >= 0.6 is 0 Å². The van der Waals surface area contributed by atoms with E-state index in [1.54, 1.807) is 7.11 Å². The van der Waals surface area contributed by atoms with E-state index in [2.05, 4.69) is 15.6 Å².